The van der Waals surface area contributed by atoms with Crippen molar-refractivity contribution in [2.45, 2.75) is 27.3 Å². The zero-order valence-corrected chi connectivity index (χ0v) is 12.2. The van der Waals surface area contributed by atoms with E-state index in [-0.39, 0.29) is 0 Å². The average Bonchev–Trinajstić information content (AvgIpc) is 2.95. The number of imidazole rings is 1. The van der Waals surface area contributed by atoms with Crippen molar-refractivity contribution in [3.8, 4) is 11.3 Å². The second-order valence-electron chi connectivity index (χ2n) is 4.92. The van der Waals surface area contributed by atoms with Crippen LogP contribution in [0.15, 0.2) is 23.7 Å². The van der Waals surface area contributed by atoms with Crippen LogP contribution in [0.5, 0.6) is 0 Å². The summed E-state index contributed by atoms with van der Waals surface area (Å²) in [6.45, 7) is 6.92. The van der Waals surface area contributed by atoms with Crippen molar-refractivity contribution in [1.82, 2.24) is 9.38 Å². The molecule has 1 aromatic carbocycles. The topological polar surface area (TPSA) is 43.3 Å². The smallest absolute Gasteiger partial charge is 0.128 e. The van der Waals surface area contributed by atoms with E-state index in [1.165, 1.54) is 27.9 Å². The van der Waals surface area contributed by atoms with Crippen molar-refractivity contribution in [2.75, 3.05) is 0 Å². The molecule has 4 heteroatoms. The minimum absolute atomic E-state index is 0.460. The lowest BCUT2D eigenvalue weighted by atomic mass is 9.99. The molecule has 0 aliphatic rings. The molecule has 0 saturated heterocycles. The summed E-state index contributed by atoms with van der Waals surface area (Å²) in [6, 6.07) is 4.50. The molecule has 2 N–H and O–H groups in total. The highest BCUT2D eigenvalue weighted by molar-refractivity contribution is 7.15. The third kappa shape index (κ3) is 1.88. The maximum absolute atomic E-state index is 5.78. The minimum atomic E-state index is 0.460. The van der Waals surface area contributed by atoms with Gasteiger partial charge in [-0.25, -0.2) is 4.98 Å². The van der Waals surface area contributed by atoms with Crippen molar-refractivity contribution in [2.24, 2.45) is 5.73 Å². The van der Waals surface area contributed by atoms with Gasteiger partial charge in [0.15, 0.2) is 0 Å². The zero-order chi connectivity index (χ0) is 13.6. The van der Waals surface area contributed by atoms with Crippen molar-refractivity contribution in [1.29, 1.82) is 0 Å². The fourth-order valence-corrected chi connectivity index (χ4v) is 3.33. The van der Waals surface area contributed by atoms with Crippen LogP contribution in [0.4, 0.5) is 0 Å². The molecule has 0 radical (unpaired) electrons. The molecule has 3 nitrogen and oxygen atoms in total. The van der Waals surface area contributed by atoms with Gasteiger partial charge in [-0.3, -0.25) is 4.40 Å². The highest BCUT2D eigenvalue weighted by Gasteiger charge is 2.13. The Balaban J connectivity index is 2.30. The van der Waals surface area contributed by atoms with E-state index in [1.807, 2.05) is 6.20 Å². The van der Waals surface area contributed by atoms with Crippen LogP contribution in [0.1, 0.15) is 22.5 Å². The van der Waals surface area contributed by atoms with Gasteiger partial charge >= 0.3 is 0 Å². The summed E-state index contributed by atoms with van der Waals surface area (Å²) in [5, 5.41) is 2.19. The molecule has 0 saturated carbocycles. The van der Waals surface area contributed by atoms with Gasteiger partial charge in [0.25, 0.3) is 0 Å². The van der Waals surface area contributed by atoms with Gasteiger partial charge in [-0.2, -0.15) is 0 Å². The molecule has 0 aliphatic heterocycles. The van der Waals surface area contributed by atoms with E-state index in [2.05, 4.69) is 47.7 Å². The number of benzene rings is 1. The van der Waals surface area contributed by atoms with Gasteiger partial charge in [0, 0.05) is 10.9 Å². The maximum Gasteiger partial charge on any atom is 0.128 e. The van der Waals surface area contributed by atoms with E-state index in [1.54, 1.807) is 11.3 Å². The first-order valence-electron chi connectivity index (χ1n) is 6.34. The Labute approximate surface area is 116 Å². The number of fused-ring (bicyclic) bond motifs is 1. The first-order valence-corrected chi connectivity index (χ1v) is 7.22. The predicted octanol–water partition coefficient (Wildman–Crippen LogP) is 3.45. The number of hydrogen-bond acceptors (Lipinski definition) is 3. The van der Waals surface area contributed by atoms with Gasteiger partial charge in [0.1, 0.15) is 10.7 Å². The molecule has 0 aliphatic carbocycles. The number of hydrogen-bond donors (Lipinski definition) is 1. The highest BCUT2D eigenvalue weighted by Crippen LogP contribution is 2.31. The summed E-state index contributed by atoms with van der Waals surface area (Å²) in [7, 11) is 0. The van der Waals surface area contributed by atoms with Crippen molar-refractivity contribution in [3.63, 3.8) is 0 Å². The van der Waals surface area contributed by atoms with Crippen molar-refractivity contribution < 1.29 is 0 Å². The SMILES string of the molecule is Cc1cc(C)c(-c2csc3cnc(CN)n23)cc1C. The van der Waals surface area contributed by atoms with E-state index in [9.17, 15) is 0 Å². The molecule has 0 fully saturated rings. The minimum Gasteiger partial charge on any atom is -0.324 e. The number of nitrogens with two attached hydrogens (primary N) is 1. The Morgan fingerprint density at radius 2 is 1.89 bits per heavy atom. The lowest BCUT2D eigenvalue weighted by Gasteiger charge is -2.10. The van der Waals surface area contributed by atoms with Crippen molar-refractivity contribution in [3.05, 3.63) is 46.2 Å². The first kappa shape index (κ1) is 12.4. The quantitative estimate of drug-likeness (QED) is 0.776. The summed E-state index contributed by atoms with van der Waals surface area (Å²) < 4.78 is 2.17. The molecule has 2 aromatic heterocycles. The van der Waals surface area contributed by atoms with Crippen LogP contribution in [0.25, 0.3) is 16.1 Å². The summed E-state index contributed by atoms with van der Waals surface area (Å²) in [5.41, 5.74) is 12.2. The van der Waals surface area contributed by atoms with Crippen LogP contribution < -0.4 is 5.73 Å². The molecule has 3 aromatic rings. The van der Waals surface area contributed by atoms with Gasteiger partial charge in [-0.1, -0.05) is 6.07 Å². The molecule has 0 unspecified atom stereocenters. The number of rotatable bonds is 2. The van der Waals surface area contributed by atoms with Gasteiger partial charge in [-0.15, -0.1) is 11.3 Å². The molecule has 0 amide bonds. The molecule has 2 heterocycles. The van der Waals surface area contributed by atoms with Crippen LogP contribution in [0.3, 0.4) is 0 Å². The maximum atomic E-state index is 5.78. The Morgan fingerprint density at radius 3 is 2.63 bits per heavy atom. The number of thiazole rings is 1. The molecule has 0 bridgehead atoms. The van der Waals surface area contributed by atoms with Crippen LogP contribution >= 0.6 is 11.3 Å². The first-order chi connectivity index (χ1) is 9.11. The molecule has 0 spiro atoms. The third-order valence-electron chi connectivity index (χ3n) is 3.63. The molecule has 19 heavy (non-hydrogen) atoms. The van der Waals surface area contributed by atoms with Crippen LogP contribution in [0.2, 0.25) is 0 Å². The van der Waals surface area contributed by atoms with E-state index >= 15 is 0 Å². The second-order valence-corrected chi connectivity index (χ2v) is 5.81. The lowest BCUT2D eigenvalue weighted by molar-refractivity contribution is 0.911. The predicted molar refractivity (Wildman–Crippen MR) is 80.6 cm³/mol. The van der Waals surface area contributed by atoms with Gasteiger partial charge < -0.3 is 5.73 Å². The van der Waals surface area contributed by atoms with E-state index in [0.29, 0.717) is 6.54 Å². The molecular formula is C15H17N3S. The molecule has 98 valence electrons. The van der Waals surface area contributed by atoms with E-state index in [0.717, 1.165) is 10.7 Å². The lowest BCUT2D eigenvalue weighted by Crippen LogP contribution is -2.03. The molecular weight excluding hydrogens is 254 g/mol. The van der Waals surface area contributed by atoms with Gasteiger partial charge in [-0.05, 0) is 43.5 Å². The van der Waals surface area contributed by atoms with Crippen LogP contribution in [-0.4, -0.2) is 9.38 Å². The largest absolute Gasteiger partial charge is 0.324 e. The number of aromatic nitrogens is 2. The van der Waals surface area contributed by atoms with Gasteiger partial charge in [0.2, 0.25) is 0 Å². The summed E-state index contributed by atoms with van der Waals surface area (Å²) >= 11 is 1.71. The zero-order valence-electron chi connectivity index (χ0n) is 11.4. The van der Waals surface area contributed by atoms with Crippen molar-refractivity contribution >= 4 is 16.2 Å². The number of aryl methyl sites for hydroxylation is 3. The average molecular weight is 271 g/mol. The monoisotopic (exact) mass is 271 g/mol. The fourth-order valence-electron chi connectivity index (χ4n) is 2.45. The second kappa shape index (κ2) is 4.47. The summed E-state index contributed by atoms with van der Waals surface area (Å²) in [5.74, 6) is 0.920. The van der Waals surface area contributed by atoms with E-state index in [4.69, 9.17) is 5.73 Å². The normalized spacial score (nSPS) is 11.4. The fraction of sp³-hybridized carbons (Fsp3) is 0.267. The molecule has 0 atom stereocenters. The van der Waals surface area contributed by atoms with Gasteiger partial charge in [0.05, 0.1) is 18.4 Å². The molecule has 3 rings (SSSR count). The number of nitrogens with zero attached hydrogens (tertiary/aromatic N) is 2. The van der Waals surface area contributed by atoms with Crippen LogP contribution in [0, 0.1) is 20.8 Å². The van der Waals surface area contributed by atoms with Crippen LogP contribution in [-0.2, 0) is 6.54 Å². The summed E-state index contributed by atoms with van der Waals surface area (Å²) in [6.07, 6.45) is 1.90. The summed E-state index contributed by atoms with van der Waals surface area (Å²) in [4.78, 5) is 5.52. The Morgan fingerprint density at radius 1 is 1.16 bits per heavy atom. The highest BCUT2D eigenvalue weighted by atomic mass is 32.1. The Bertz CT molecular complexity index is 752. The Kier molecular flexibility index (Phi) is 2.92. The third-order valence-corrected chi connectivity index (χ3v) is 4.50. The standard InChI is InChI=1S/C15H17N3S/c1-9-4-11(3)12(5-10(9)2)13-8-19-15-7-17-14(6-16)18(13)15/h4-5,7-8H,6,16H2,1-3H3. The Hall–Kier alpha value is -1.65. The van der Waals surface area contributed by atoms with E-state index < -0.39 is 0 Å².